The maximum atomic E-state index is 9.22. The van der Waals surface area contributed by atoms with Crippen molar-refractivity contribution in [3.8, 4) is 6.07 Å². The number of nitriles is 1. The summed E-state index contributed by atoms with van der Waals surface area (Å²) < 4.78 is 0. The summed E-state index contributed by atoms with van der Waals surface area (Å²) in [5.41, 5.74) is -0.0242. The van der Waals surface area contributed by atoms with E-state index in [-0.39, 0.29) is 5.41 Å². The Kier molecular flexibility index (Phi) is 3.95. The number of rotatable bonds is 4. The van der Waals surface area contributed by atoms with Crippen LogP contribution in [0.4, 0.5) is 0 Å². The first-order valence-electron chi connectivity index (χ1n) is 5.68. The Morgan fingerprint density at radius 2 is 1.93 bits per heavy atom. The molecule has 2 nitrogen and oxygen atoms in total. The van der Waals surface area contributed by atoms with Crippen LogP contribution in [0.5, 0.6) is 0 Å². The minimum Gasteiger partial charge on any atom is -0.305 e. The first-order valence-corrected chi connectivity index (χ1v) is 5.68. The monoisotopic (exact) mass is 194 g/mol. The van der Waals surface area contributed by atoms with Crippen LogP contribution in [0.3, 0.4) is 0 Å². The van der Waals surface area contributed by atoms with Gasteiger partial charge in [-0.05, 0) is 25.8 Å². The fourth-order valence-electron chi connectivity index (χ4n) is 2.56. The second-order valence-corrected chi connectivity index (χ2v) is 5.19. The molecule has 0 amide bonds. The molecule has 1 saturated carbocycles. The summed E-state index contributed by atoms with van der Waals surface area (Å²) in [6.07, 6.45) is 4.68. The molecule has 0 bridgehead atoms. The lowest BCUT2D eigenvalue weighted by molar-refractivity contribution is 0.211. The normalized spacial score (nSPS) is 20.3. The third-order valence-corrected chi connectivity index (χ3v) is 3.05. The second-order valence-electron chi connectivity index (χ2n) is 5.19. The van der Waals surface area contributed by atoms with Gasteiger partial charge in [0.05, 0.1) is 11.5 Å². The summed E-state index contributed by atoms with van der Waals surface area (Å²) >= 11 is 0. The summed E-state index contributed by atoms with van der Waals surface area (Å²) in [6, 6.07) is 2.54. The largest absolute Gasteiger partial charge is 0.305 e. The van der Waals surface area contributed by atoms with Crippen LogP contribution in [0.15, 0.2) is 0 Å². The highest BCUT2D eigenvalue weighted by Gasteiger charge is 2.34. The van der Waals surface area contributed by atoms with E-state index in [0.29, 0.717) is 5.92 Å². The van der Waals surface area contributed by atoms with Crippen LogP contribution < -0.4 is 0 Å². The van der Waals surface area contributed by atoms with Gasteiger partial charge in [0.25, 0.3) is 0 Å². The van der Waals surface area contributed by atoms with E-state index in [1.165, 1.54) is 12.8 Å². The Morgan fingerprint density at radius 3 is 2.36 bits per heavy atom. The van der Waals surface area contributed by atoms with Gasteiger partial charge in [0.1, 0.15) is 0 Å². The zero-order chi connectivity index (χ0) is 10.6. The molecule has 0 aromatic rings. The summed E-state index contributed by atoms with van der Waals surface area (Å²) in [5, 5.41) is 9.22. The average Bonchev–Trinajstić information content (AvgIpc) is 2.52. The molecule has 0 N–H and O–H groups in total. The molecule has 2 heteroatoms. The number of hydrogen-bond acceptors (Lipinski definition) is 2. The van der Waals surface area contributed by atoms with Gasteiger partial charge in [0, 0.05) is 13.1 Å². The summed E-state index contributed by atoms with van der Waals surface area (Å²) in [5.74, 6) is 0.692. The van der Waals surface area contributed by atoms with Gasteiger partial charge in [0.2, 0.25) is 0 Å². The molecule has 0 spiro atoms. The quantitative estimate of drug-likeness (QED) is 0.688. The van der Waals surface area contributed by atoms with Crippen LogP contribution in [-0.4, -0.2) is 25.0 Å². The van der Waals surface area contributed by atoms with Crippen molar-refractivity contribution in [3.05, 3.63) is 0 Å². The molecule has 0 heterocycles. The van der Waals surface area contributed by atoms with Crippen LogP contribution >= 0.6 is 0 Å². The fraction of sp³-hybridized carbons (Fsp3) is 0.917. The fourth-order valence-corrected chi connectivity index (χ4v) is 2.56. The summed E-state index contributed by atoms with van der Waals surface area (Å²) in [6.45, 7) is 6.51. The number of nitrogens with zero attached hydrogens (tertiary/aromatic N) is 2. The molecule has 0 unspecified atom stereocenters. The van der Waals surface area contributed by atoms with Crippen molar-refractivity contribution in [2.24, 2.45) is 11.3 Å². The van der Waals surface area contributed by atoms with Gasteiger partial charge in [-0.2, -0.15) is 5.26 Å². The minimum atomic E-state index is -0.0242. The highest BCUT2D eigenvalue weighted by Crippen LogP contribution is 2.37. The van der Waals surface area contributed by atoms with Crippen LogP contribution in [0.1, 0.15) is 39.5 Å². The van der Waals surface area contributed by atoms with Gasteiger partial charge < -0.3 is 4.90 Å². The molecule has 1 fully saturated rings. The van der Waals surface area contributed by atoms with Crippen LogP contribution in [0.25, 0.3) is 0 Å². The van der Waals surface area contributed by atoms with E-state index in [0.717, 1.165) is 25.9 Å². The van der Waals surface area contributed by atoms with Crippen LogP contribution in [0.2, 0.25) is 0 Å². The molecule has 1 aliphatic rings. The molecule has 1 aliphatic carbocycles. The summed E-state index contributed by atoms with van der Waals surface area (Å²) in [4.78, 5) is 2.32. The average molecular weight is 194 g/mol. The van der Waals surface area contributed by atoms with Crippen molar-refractivity contribution >= 4 is 0 Å². The van der Waals surface area contributed by atoms with E-state index in [2.05, 4.69) is 31.9 Å². The molecule has 0 aromatic carbocycles. The van der Waals surface area contributed by atoms with E-state index in [1.807, 2.05) is 0 Å². The third kappa shape index (κ3) is 2.99. The highest BCUT2D eigenvalue weighted by atomic mass is 15.1. The molecule has 0 aromatic heterocycles. The standard InChI is InChI=1S/C12H22N2/c1-11(2)8-14(3)10-12(9-13)6-4-5-7-12/h11H,4-8,10H2,1-3H3. The Morgan fingerprint density at radius 1 is 1.36 bits per heavy atom. The van der Waals surface area contributed by atoms with Crippen molar-refractivity contribution in [2.75, 3.05) is 20.1 Å². The third-order valence-electron chi connectivity index (χ3n) is 3.05. The molecular formula is C12H22N2. The van der Waals surface area contributed by atoms with Crippen LogP contribution in [-0.2, 0) is 0 Å². The van der Waals surface area contributed by atoms with Crippen molar-refractivity contribution in [2.45, 2.75) is 39.5 Å². The Hall–Kier alpha value is -0.550. The zero-order valence-electron chi connectivity index (χ0n) is 9.71. The van der Waals surface area contributed by atoms with Crippen molar-refractivity contribution in [1.29, 1.82) is 5.26 Å². The first kappa shape index (κ1) is 11.5. The Balaban J connectivity index is 2.45. The zero-order valence-corrected chi connectivity index (χ0v) is 9.71. The Bertz CT molecular complexity index is 209. The SMILES string of the molecule is CC(C)CN(C)CC1(C#N)CCCC1. The van der Waals surface area contributed by atoms with Crippen molar-refractivity contribution in [3.63, 3.8) is 0 Å². The lowest BCUT2D eigenvalue weighted by Crippen LogP contribution is -2.34. The van der Waals surface area contributed by atoms with Gasteiger partial charge in [-0.25, -0.2) is 0 Å². The highest BCUT2D eigenvalue weighted by molar-refractivity contribution is 5.03. The van der Waals surface area contributed by atoms with E-state index in [9.17, 15) is 5.26 Å². The molecule has 0 radical (unpaired) electrons. The molecule has 0 atom stereocenters. The number of hydrogen-bond donors (Lipinski definition) is 0. The molecule has 0 saturated heterocycles. The lowest BCUT2D eigenvalue weighted by atomic mass is 9.87. The van der Waals surface area contributed by atoms with Gasteiger partial charge >= 0.3 is 0 Å². The smallest absolute Gasteiger partial charge is 0.0703 e. The minimum absolute atomic E-state index is 0.0242. The maximum Gasteiger partial charge on any atom is 0.0703 e. The predicted molar refractivity (Wildman–Crippen MR) is 58.8 cm³/mol. The molecule has 1 rings (SSSR count). The van der Waals surface area contributed by atoms with Crippen molar-refractivity contribution < 1.29 is 0 Å². The topological polar surface area (TPSA) is 27.0 Å². The van der Waals surface area contributed by atoms with Gasteiger partial charge in [0.15, 0.2) is 0 Å². The van der Waals surface area contributed by atoms with E-state index in [1.54, 1.807) is 0 Å². The Labute approximate surface area is 87.9 Å². The molecular weight excluding hydrogens is 172 g/mol. The molecule has 80 valence electrons. The van der Waals surface area contributed by atoms with E-state index < -0.39 is 0 Å². The predicted octanol–water partition coefficient (Wildman–Crippen LogP) is 2.66. The molecule has 14 heavy (non-hydrogen) atoms. The first-order chi connectivity index (χ1) is 6.58. The maximum absolute atomic E-state index is 9.22. The van der Waals surface area contributed by atoms with Gasteiger partial charge in [-0.3, -0.25) is 0 Å². The van der Waals surface area contributed by atoms with Crippen molar-refractivity contribution in [1.82, 2.24) is 4.90 Å². The summed E-state index contributed by atoms with van der Waals surface area (Å²) in [7, 11) is 2.14. The van der Waals surface area contributed by atoms with E-state index in [4.69, 9.17) is 0 Å². The molecule has 0 aliphatic heterocycles. The van der Waals surface area contributed by atoms with Gasteiger partial charge in [-0.1, -0.05) is 26.7 Å². The lowest BCUT2D eigenvalue weighted by Gasteiger charge is -2.28. The van der Waals surface area contributed by atoms with Crippen LogP contribution in [0, 0.1) is 22.7 Å². The second kappa shape index (κ2) is 4.79. The van der Waals surface area contributed by atoms with E-state index >= 15 is 0 Å². The van der Waals surface area contributed by atoms with Gasteiger partial charge in [-0.15, -0.1) is 0 Å².